The molecule has 0 unspecified atom stereocenters. The Morgan fingerprint density at radius 3 is 2.68 bits per heavy atom. The molecule has 0 fully saturated rings. The van der Waals surface area contributed by atoms with Gasteiger partial charge in [-0.2, -0.15) is 5.10 Å². The van der Waals surface area contributed by atoms with Crippen LogP contribution in [0.5, 0.6) is 11.5 Å². The lowest BCUT2D eigenvalue weighted by molar-refractivity contribution is -0.117. The second-order valence-electron chi connectivity index (χ2n) is 5.84. The van der Waals surface area contributed by atoms with E-state index in [1.807, 2.05) is 0 Å². The maximum Gasteiger partial charge on any atom is 0.267 e. The SMILES string of the molecule is Cc1ccc(=O)n(CC(=O)Nc2ccc(Oc3cc(Cl)ccc3Cl)c(F)c2)n1. The van der Waals surface area contributed by atoms with Crippen molar-refractivity contribution in [1.82, 2.24) is 9.78 Å². The first kappa shape index (κ1) is 19.9. The second-order valence-corrected chi connectivity index (χ2v) is 6.68. The van der Waals surface area contributed by atoms with E-state index >= 15 is 0 Å². The first-order valence-electron chi connectivity index (χ1n) is 8.09. The molecule has 0 saturated heterocycles. The zero-order chi connectivity index (χ0) is 20.3. The number of nitrogens with zero attached hydrogens (tertiary/aromatic N) is 2. The minimum absolute atomic E-state index is 0.0845. The van der Waals surface area contributed by atoms with Crippen molar-refractivity contribution in [2.24, 2.45) is 0 Å². The number of carbonyl (C=O) groups is 1. The fourth-order valence-electron chi connectivity index (χ4n) is 2.34. The van der Waals surface area contributed by atoms with Crippen LogP contribution in [-0.4, -0.2) is 15.7 Å². The van der Waals surface area contributed by atoms with Gasteiger partial charge in [0.2, 0.25) is 5.91 Å². The molecular weight excluding hydrogens is 408 g/mol. The van der Waals surface area contributed by atoms with Crippen LogP contribution in [0.25, 0.3) is 0 Å². The highest BCUT2D eigenvalue weighted by atomic mass is 35.5. The highest BCUT2D eigenvalue weighted by molar-refractivity contribution is 6.34. The zero-order valence-corrected chi connectivity index (χ0v) is 16.1. The summed E-state index contributed by atoms with van der Waals surface area (Å²) in [6.45, 7) is 1.41. The topological polar surface area (TPSA) is 73.2 Å². The van der Waals surface area contributed by atoms with E-state index in [0.717, 1.165) is 10.7 Å². The summed E-state index contributed by atoms with van der Waals surface area (Å²) in [5.74, 6) is -1.11. The minimum atomic E-state index is -0.709. The fourth-order valence-corrected chi connectivity index (χ4v) is 2.65. The summed E-state index contributed by atoms with van der Waals surface area (Å²) in [5.41, 5.74) is 0.390. The summed E-state index contributed by atoms with van der Waals surface area (Å²) in [6.07, 6.45) is 0. The van der Waals surface area contributed by atoms with E-state index in [4.69, 9.17) is 27.9 Å². The Hall–Kier alpha value is -2.90. The second kappa shape index (κ2) is 8.41. The highest BCUT2D eigenvalue weighted by Gasteiger charge is 2.12. The molecule has 9 heteroatoms. The Balaban J connectivity index is 1.71. The molecule has 0 aliphatic rings. The Morgan fingerprint density at radius 1 is 1.14 bits per heavy atom. The van der Waals surface area contributed by atoms with Gasteiger partial charge in [-0.15, -0.1) is 0 Å². The maximum atomic E-state index is 14.3. The Labute approximate surface area is 169 Å². The normalized spacial score (nSPS) is 10.6. The van der Waals surface area contributed by atoms with Crippen LogP contribution in [0.2, 0.25) is 10.0 Å². The van der Waals surface area contributed by atoms with Crippen molar-refractivity contribution in [1.29, 1.82) is 0 Å². The molecule has 1 N–H and O–H groups in total. The zero-order valence-electron chi connectivity index (χ0n) is 14.6. The molecule has 3 aromatic rings. The number of hydrogen-bond donors (Lipinski definition) is 1. The van der Waals surface area contributed by atoms with Crippen molar-refractivity contribution >= 4 is 34.8 Å². The largest absolute Gasteiger partial charge is 0.453 e. The summed E-state index contributed by atoms with van der Waals surface area (Å²) in [5, 5.41) is 7.15. The van der Waals surface area contributed by atoms with Crippen molar-refractivity contribution in [3.8, 4) is 11.5 Å². The Morgan fingerprint density at radius 2 is 1.93 bits per heavy atom. The van der Waals surface area contributed by atoms with Gasteiger partial charge in [-0.25, -0.2) is 9.07 Å². The standard InChI is InChI=1S/C19H14Cl2FN3O3/c1-11-2-7-19(27)25(24-11)10-18(26)23-13-4-6-16(15(22)9-13)28-17-8-12(20)3-5-14(17)21/h2-9H,10H2,1H3,(H,23,26). The van der Waals surface area contributed by atoms with Gasteiger partial charge in [0.25, 0.3) is 5.56 Å². The fraction of sp³-hybridized carbons (Fsp3) is 0.105. The van der Waals surface area contributed by atoms with Gasteiger partial charge in [-0.05, 0) is 37.3 Å². The minimum Gasteiger partial charge on any atom is -0.453 e. The number of hydrogen-bond acceptors (Lipinski definition) is 4. The van der Waals surface area contributed by atoms with Gasteiger partial charge in [0.1, 0.15) is 12.3 Å². The number of ether oxygens (including phenoxy) is 1. The third-order valence-corrected chi connectivity index (χ3v) is 4.17. The third kappa shape index (κ3) is 4.88. The van der Waals surface area contributed by atoms with Gasteiger partial charge < -0.3 is 10.1 Å². The number of benzene rings is 2. The predicted octanol–water partition coefficient (Wildman–Crippen LogP) is 4.43. The van der Waals surface area contributed by atoms with Crippen LogP contribution >= 0.6 is 23.2 Å². The van der Waals surface area contributed by atoms with Gasteiger partial charge in [0.15, 0.2) is 11.6 Å². The Kier molecular flexibility index (Phi) is 5.96. The van der Waals surface area contributed by atoms with Crippen molar-refractivity contribution in [3.63, 3.8) is 0 Å². The molecule has 144 valence electrons. The first-order chi connectivity index (χ1) is 13.3. The highest BCUT2D eigenvalue weighted by Crippen LogP contribution is 2.33. The molecule has 0 aliphatic carbocycles. The molecule has 6 nitrogen and oxygen atoms in total. The van der Waals surface area contributed by atoms with Crippen LogP contribution < -0.4 is 15.6 Å². The molecule has 0 radical (unpaired) electrons. The first-order valence-corrected chi connectivity index (χ1v) is 8.84. The van der Waals surface area contributed by atoms with E-state index in [1.54, 1.807) is 19.1 Å². The molecule has 0 saturated carbocycles. The molecule has 1 aromatic heterocycles. The summed E-state index contributed by atoms with van der Waals surface area (Å²) in [6, 6.07) is 11.4. The van der Waals surface area contributed by atoms with Crippen molar-refractivity contribution in [2.45, 2.75) is 13.5 Å². The lowest BCUT2D eigenvalue weighted by Gasteiger charge is -2.11. The van der Waals surface area contributed by atoms with Crippen molar-refractivity contribution in [3.05, 3.63) is 80.4 Å². The van der Waals surface area contributed by atoms with E-state index in [-0.39, 0.29) is 28.8 Å². The third-order valence-electron chi connectivity index (χ3n) is 3.62. The molecule has 1 amide bonds. The van der Waals surface area contributed by atoms with Gasteiger partial charge in [-0.3, -0.25) is 9.59 Å². The van der Waals surface area contributed by atoms with Crippen LogP contribution in [-0.2, 0) is 11.3 Å². The van der Waals surface area contributed by atoms with Crippen LogP contribution in [0, 0.1) is 12.7 Å². The number of aryl methyl sites for hydroxylation is 1. The van der Waals surface area contributed by atoms with E-state index in [1.165, 1.54) is 30.3 Å². The smallest absolute Gasteiger partial charge is 0.267 e. The molecule has 0 aliphatic heterocycles. The van der Waals surface area contributed by atoms with Gasteiger partial charge in [-0.1, -0.05) is 23.2 Å². The van der Waals surface area contributed by atoms with Gasteiger partial charge in [0, 0.05) is 28.9 Å². The molecule has 0 bridgehead atoms. The lowest BCUT2D eigenvalue weighted by atomic mass is 10.2. The molecular formula is C19H14Cl2FN3O3. The summed E-state index contributed by atoms with van der Waals surface area (Å²) < 4.78 is 20.8. The number of anilines is 1. The van der Waals surface area contributed by atoms with Crippen LogP contribution in [0.15, 0.2) is 53.3 Å². The molecule has 0 spiro atoms. The van der Waals surface area contributed by atoms with Crippen LogP contribution in [0.3, 0.4) is 0 Å². The number of nitrogens with one attached hydrogen (secondary N) is 1. The average molecular weight is 422 g/mol. The summed E-state index contributed by atoms with van der Waals surface area (Å²) >= 11 is 11.9. The molecule has 1 heterocycles. The number of carbonyl (C=O) groups excluding carboxylic acids is 1. The molecule has 28 heavy (non-hydrogen) atoms. The number of amides is 1. The molecule has 0 atom stereocenters. The lowest BCUT2D eigenvalue weighted by Crippen LogP contribution is -2.29. The predicted molar refractivity (Wildman–Crippen MR) is 105 cm³/mol. The average Bonchev–Trinajstić information content (AvgIpc) is 2.63. The van der Waals surface area contributed by atoms with Crippen molar-refractivity contribution in [2.75, 3.05) is 5.32 Å². The number of halogens is 3. The van der Waals surface area contributed by atoms with E-state index in [9.17, 15) is 14.0 Å². The van der Waals surface area contributed by atoms with Crippen LogP contribution in [0.1, 0.15) is 5.69 Å². The Bertz CT molecular complexity index is 1100. The monoisotopic (exact) mass is 421 g/mol. The number of rotatable bonds is 5. The van der Waals surface area contributed by atoms with E-state index in [0.29, 0.717) is 10.7 Å². The number of aromatic nitrogens is 2. The molecule has 2 aromatic carbocycles. The van der Waals surface area contributed by atoms with Crippen molar-refractivity contribution < 1.29 is 13.9 Å². The van der Waals surface area contributed by atoms with Crippen LogP contribution in [0.4, 0.5) is 10.1 Å². The maximum absolute atomic E-state index is 14.3. The molecule has 3 rings (SSSR count). The summed E-state index contributed by atoms with van der Waals surface area (Å²) in [7, 11) is 0. The van der Waals surface area contributed by atoms with E-state index in [2.05, 4.69) is 10.4 Å². The van der Waals surface area contributed by atoms with Gasteiger partial charge in [0.05, 0.1) is 10.7 Å². The quantitative estimate of drug-likeness (QED) is 0.661. The van der Waals surface area contributed by atoms with Gasteiger partial charge >= 0.3 is 0 Å². The summed E-state index contributed by atoms with van der Waals surface area (Å²) in [4.78, 5) is 23.8. The van der Waals surface area contributed by atoms with E-state index < -0.39 is 17.3 Å².